The number of hydrogen-bond donors (Lipinski definition) is 0. The molecule has 0 aliphatic heterocycles. The van der Waals surface area contributed by atoms with E-state index in [-0.39, 0.29) is 15.1 Å². The zero-order valence-corrected chi connectivity index (χ0v) is 21.1. The highest BCUT2D eigenvalue weighted by Gasteiger charge is 2.21. The number of halogens is 4. The van der Waals surface area contributed by atoms with Crippen LogP contribution in [-0.4, -0.2) is 18.4 Å². The van der Waals surface area contributed by atoms with E-state index in [2.05, 4.69) is 41.8 Å². The predicted molar refractivity (Wildman–Crippen MR) is 122 cm³/mol. The standard InChI is InChI=1S/C9H5BrFNO2S2.C9H5BrFNS2/c10-8-5-15-9(12-8)16(13,14)7-3-1-6(11)2-4-7;10-8-5-13-9(12-8)14-7-3-1-6(11)2-4-7/h1-5H;1-5H. The summed E-state index contributed by atoms with van der Waals surface area (Å²) in [7, 11) is -3.62. The van der Waals surface area contributed by atoms with Crippen LogP contribution in [0.3, 0.4) is 0 Å². The Morgan fingerprint density at radius 1 is 0.800 bits per heavy atom. The van der Waals surface area contributed by atoms with Crippen LogP contribution in [0.25, 0.3) is 0 Å². The first-order valence-electron chi connectivity index (χ1n) is 7.90. The summed E-state index contributed by atoms with van der Waals surface area (Å²) < 4.78 is 51.4. The second-order valence-corrected chi connectivity index (χ2v) is 12.2. The number of rotatable bonds is 4. The third-order valence-corrected chi connectivity index (χ3v) is 9.67. The molecule has 0 unspecified atom stereocenters. The number of nitrogens with zero attached hydrogens (tertiary/aromatic N) is 2. The van der Waals surface area contributed by atoms with Gasteiger partial charge < -0.3 is 0 Å². The van der Waals surface area contributed by atoms with Gasteiger partial charge in [-0.1, -0.05) is 11.8 Å². The van der Waals surface area contributed by atoms with Gasteiger partial charge in [-0.15, -0.1) is 22.7 Å². The Morgan fingerprint density at radius 3 is 1.83 bits per heavy atom. The van der Waals surface area contributed by atoms with Crippen molar-refractivity contribution in [2.75, 3.05) is 0 Å². The molecular weight excluding hydrogens is 602 g/mol. The Morgan fingerprint density at radius 2 is 1.33 bits per heavy atom. The average Bonchev–Trinajstić information content (AvgIpc) is 3.33. The molecule has 4 aromatic rings. The third-order valence-electron chi connectivity index (χ3n) is 3.28. The molecule has 4 nitrogen and oxygen atoms in total. The summed E-state index contributed by atoms with van der Waals surface area (Å²) in [6.07, 6.45) is 0. The van der Waals surface area contributed by atoms with Crippen molar-refractivity contribution in [1.82, 2.24) is 9.97 Å². The second kappa shape index (κ2) is 10.4. The summed E-state index contributed by atoms with van der Waals surface area (Å²) in [5.41, 5.74) is 0. The van der Waals surface area contributed by atoms with Gasteiger partial charge in [0.15, 0.2) is 4.34 Å². The smallest absolute Gasteiger partial charge is 0.222 e. The highest BCUT2D eigenvalue weighted by atomic mass is 79.9. The molecule has 0 fully saturated rings. The van der Waals surface area contributed by atoms with E-state index in [1.165, 1.54) is 36.0 Å². The van der Waals surface area contributed by atoms with Crippen LogP contribution < -0.4 is 0 Å². The van der Waals surface area contributed by atoms with Crippen LogP contribution in [0.1, 0.15) is 0 Å². The summed E-state index contributed by atoms with van der Waals surface area (Å²) in [5, 5.41) is 3.50. The summed E-state index contributed by atoms with van der Waals surface area (Å²) in [6, 6.07) is 11.0. The Hall–Kier alpha value is -1.18. The molecule has 156 valence electrons. The van der Waals surface area contributed by atoms with E-state index in [0.29, 0.717) is 4.60 Å². The van der Waals surface area contributed by atoms with E-state index in [4.69, 9.17) is 0 Å². The van der Waals surface area contributed by atoms with E-state index >= 15 is 0 Å². The number of sulfone groups is 1. The van der Waals surface area contributed by atoms with Crippen molar-refractivity contribution in [1.29, 1.82) is 0 Å². The Balaban J connectivity index is 0.000000172. The Kier molecular flexibility index (Phi) is 8.16. The third kappa shape index (κ3) is 6.41. The predicted octanol–water partition coefficient (Wildman–Crippen LogP) is 7.07. The molecule has 12 heteroatoms. The molecule has 0 N–H and O–H groups in total. The van der Waals surface area contributed by atoms with Gasteiger partial charge in [0, 0.05) is 15.7 Å². The van der Waals surface area contributed by atoms with Crippen LogP contribution in [0.5, 0.6) is 0 Å². The van der Waals surface area contributed by atoms with Crippen LogP contribution in [-0.2, 0) is 9.84 Å². The molecule has 0 spiro atoms. The summed E-state index contributed by atoms with van der Waals surface area (Å²) in [4.78, 5) is 9.10. The molecule has 30 heavy (non-hydrogen) atoms. The van der Waals surface area contributed by atoms with Crippen molar-refractivity contribution < 1.29 is 17.2 Å². The lowest BCUT2D eigenvalue weighted by Crippen LogP contribution is -2.01. The van der Waals surface area contributed by atoms with Crippen molar-refractivity contribution >= 4 is 76.1 Å². The molecule has 0 aliphatic carbocycles. The molecule has 0 saturated carbocycles. The number of hydrogen-bond acceptors (Lipinski definition) is 7. The van der Waals surface area contributed by atoms with Crippen molar-refractivity contribution in [2.45, 2.75) is 18.5 Å². The Bertz CT molecular complexity index is 1230. The quantitative estimate of drug-likeness (QED) is 0.231. The van der Waals surface area contributed by atoms with Crippen LogP contribution in [0.15, 0.2) is 87.0 Å². The van der Waals surface area contributed by atoms with Gasteiger partial charge in [0.25, 0.3) is 0 Å². The molecule has 4 rings (SSSR count). The lowest BCUT2D eigenvalue weighted by Gasteiger charge is -1.99. The summed E-state index contributed by atoms with van der Waals surface area (Å²) in [5.74, 6) is -0.686. The molecule has 0 bridgehead atoms. The largest absolute Gasteiger partial charge is 0.233 e. The van der Waals surface area contributed by atoms with Crippen molar-refractivity contribution in [3.8, 4) is 0 Å². The zero-order chi connectivity index (χ0) is 21.7. The normalized spacial score (nSPS) is 11.1. The molecule has 2 aromatic heterocycles. The lowest BCUT2D eigenvalue weighted by atomic mass is 10.4. The van der Waals surface area contributed by atoms with E-state index in [9.17, 15) is 17.2 Å². The van der Waals surface area contributed by atoms with Gasteiger partial charge in [0.05, 0.1) is 4.90 Å². The first-order chi connectivity index (χ1) is 14.2. The first kappa shape index (κ1) is 23.5. The molecule has 0 amide bonds. The monoisotopic (exact) mass is 610 g/mol. The maximum Gasteiger partial charge on any atom is 0.233 e. The van der Waals surface area contributed by atoms with Crippen molar-refractivity contribution in [3.63, 3.8) is 0 Å². The molecule has 2 aromatic carbocycles. The van der Waals surface area contributed by atoms with Gasteiger partial charge in [-0.2, -0.15) is 0 Å². The van der Waals surface area contributed by atoms with Crippen LogP contribution in [0.2, 0.25) is 0 Å². The molecule has 0 aliphatic rings. The van der Waals surface area contributed by atoms with Gasteiger partial charge in [-0.25, -0.2) is 27.2 Å². The summed E-state index contributed by atoms with van der Waals surface area (Å²) >= 11 is 10.5. The van der Waals surface area contributed by atoms with Crippen LogP contribution in [0, 0.1) is 11.6 Å². The van der Waals surface area contributed by atoms with Crippen molar-refractivity contribution in [3.05, 3.63) is 80.1 Å². The van der Waals surface area contributed by atoms with Gasteiger partial charge in [0.2, 0.25) is 14.2 Å². The fourth-order valence-electron chi connectivity index (χ4n) is 1.97. The minimum atomic E-state index is -3.62. The highest BCUT2D eigenvalue weighted by Crippen LogP contribution is 2.31. The van der Waals surface area contributed by atoms with E-state index in [1.807, 2.05) is 5.38 Å². The minimum absolute atomic E-state index is 0.00835. The molecular formula is C18H10Br2F2N2O2S4. The lowest BCUT2D eigenvalue weighted by molar-refractivity contribution is 0.594. The fourth-order valence-corrected chi connectivity index (χ4v) is 7.25. The maximum atomic E-state index is 12.7. The molecule has 0 radical (unpaired) electrons. The second-order valence-electron chi connectivity index (χ2n) is 5.39. The summed E-state index contributed by atoms with van der Waals surface area (Å²) in [6.45, 7) is 0. The zero-order valence-electron chi connectivity index (χ0n) is 14.6. The number of benzene rings is 2. The Labute approximate surface area is 200 Å². The van der Waals surface area contributed by atoms with Gasteiger partial charge in [0.1, 0.15) is 20.8 Å². The molecule has 0 atom stereocenters. The van der Waals surface area contributed by atoms with Gasteiger partial charge in [-0.3, -0.25) is 0 Å². The number of aromatic nitrogens is 2. The van der Waals surface area contributed by atoms with E-state index in [0.717, 1.165) is 37.3 Å². The first-order valence-corrected chi connectivity index (χ1v) is 13.5. The van der Waals surface area contributed by atoms with Gasteiger partial charge >= 0.3 is 0 Å². The SMILES string of the molecule is Fc1ccc(Sc2nc(Br)cs2)cc1.O=S(=O)(c1ccc(F)cc1)c1nc(Br)cs1. The van der Waals surface area contributed by atoms with Crippen LogP contribution >= 0.6 is 66.3 Å². The van der Waals surface area contributed by atoms with Crippen molar-refractivity contribution in [2.24, 2.45) is 0 Å². The molecule has 0 saturated heterocycles. The molecule has 2 heterocycles. The highest BCUT2D eigenvalue weighted by molar-refractivity contribution is 9.10. The minimum Gasteiger partial charge on any atom is -0.222 e. The van der Waals surface area contributed by atoms with E-state index < -0.39 is 15.7 Å². The topological polar surface area (TPSA) is 59.9 Å². The van der Waals surface area contributed by atoms with Gasteiger partial charge in [-0.05, 0) is 80.4 Å². The van der Waals surface area contributed by atoms with E-state index in [1.54, 1.807) is 28.8 Å². The number of thiazole rings is 2. The van der Waals surface area contributed by atoms with Crippen LogP contribution in [0.4, 0.5) is 8.78 Å². The maximum absolute atomic E-state index is 12.7. The fraction of sp³-hybridized carbons (Fsp3) is 0. The average molecular weight is 612 g/mol.